The zero-order chi connectivity index (χ0) is 14.4. The van der Waals surface area contributed by atoms with E-state index in [1.165, 1.54) is 30.0 Å². The summed E-state index contributed by atoms with van der Waals surface area (Å²) in [4.78, 5) is 15.9. The van der Waals surface area contributed by atoms with Gasteiger partial charge in [0.25, 0.3) is 0 Å². The van der Waals surface area contributed by atoms with E-state index in [0.717, 1.165) is 5.03 Å². The lowest BCUT2D eigenvalue weighted by Gasteiger charge is -2.02. The summed E-state index contributed by atoms with van der Waals surface area (Å²) in [6, 6.07) is 9.65. The molecule has 0 aliphatic heterocycles. The minimum absolute atomic E-state index is 0.284. The van der Waals surface area contributed by atoms with Gasteiger partial charge in [0, 0.05) is 6.08 Å². The van der Waals surface area contributed by atoms with Gasteiger partial charge in [-0.3, -0.25) is 4.79 Å². The number of carbonyl (C=O) groups excluding carboxylic acids is 1. The lowest BCUT2D eigenvalue weighted by atomic mass is 10.2. The second-order valence-electron chi connectivity index (χ2n) is 3.97. The molecule has 2 rings (SSSR count). The molecule has 3 nitrogen and oxygen atoms in total. The fraction of sp³-hybridized carbons (Fsp3) is 0.0667. The molecule has 20 heavy (non-hydrogen) atoms. The van der Waals surface area contributed by atoms with Gasteiger partial charge in [0.05, 0.1) is 16.9 Å². The van der Waals surface area contributed by atoms with Crippen LogP contribution in [0.1, 0.15) is 5.56 Å². The van der Waals surface area contributed by atoms with Gasteiger partial charge in [-0.2, -0.15) is 0 Å². The zero-order valence-electron chi connectivity index (χ0n) is 10.8. The number of amides is 1. The van der Waals surface area contributed by atoms with Crippen LogP contribution in [-0.2, 0) is 4.79 Å². The van der Waals surface area contributed by atoms with Gasteiger partial charge >= 0.3 is 0 Å². The van der Waals surface area contributed by atoms with E-state index in [1.807, 2.05) is 12.3 Å². The van der Waals surface area contributed by atoms with Crippen molar-refractivity contribution in [3.63, 3.8) is 0 Å². The second kappa shape index (κ2) is 6.86. The molecule has 0 saturated heterocycles. The smallest absolute Gasteiger partial charge is 0.248 e. The number of hydrogen-bond acceptors (Lipinski definition) is 3. The van der Waals surface area contributed by atoms with Crippen LogP contribution in [0, 0.1) is 5.82 Å². The fourth-order valence-electron chi connectivity index (χ4n) is 1.54. The third kappa shape index (κ3) is 4.20. The SMILES string of the molecule is CSc1ccc(NC(=O)/C=C/c2cccc(F)c2)cn1. The topological polar surface area (TPSA) is 42.0 Å². The number of pyridine rings is 1. The number of aromatic nitrogens is 1. The molecule has 1 heterocycles. The Hall–Kier alpha value is -2.14. The molecule has 1 amide bonds. The number of nitrogens with one attached hydrogen (secondary N) is 1. The van der Waals surface area contributed by atoms with Crippen molar-refractivity contribution >= 4 is 29.4 Å². The Morgan fingerprint density at radius 3 is 2.85 bits per heavy atom. The minimum Gasteiger partial charge on any atom is -0.321 e. The van der Waals surface area contributed by atoms with Gasteiger partial charge in [0.2, 0.25) is 5.91 Å². The molecule has 1 aromatic heterocycles. The highest BCUT2D eigenvalue weighted by atomic mass is 32.2. The molecule has 1 aromatic carbocycles. The molecular weight excluding hydrogens is 275 g/mol. The largest absolute Gasteiger partial charge is 0.321 e. The normalized spacial score (nSPS) is 10.7. The fourth-order valence-corrected chi connectivity index (χ4v) is 1.90. The predicted octanol–water partition coefficient (Wildman–Crippen LogP) is 3.59. The summed E-state index contributed by atoms with van der Waals surface area (Å²) in [5.74, 6) is -0.614. The van der Waals surface area contributed by atoms with Crippen molar-refractivity contribution in [1.82, 2.24) is 4.98 Å². The molecule has 0 bridgehead atoms. The molecule has 102 valence electrons. The van der Waals surface area contributed by atoms with Crippen LogP contribution in [0.4, 0.5) is 10.1 Å². The van der Waals surface area contributed by atoms with Gasteiger partial charge in [-0.05, 0) is 42.2 Å². The molecule has 0 spiro atoms. The Balaban J connectivity index is 1.98. The number of halogens is 1. The van der Waals surface area contributed by atoms with Crippen LogP contribution in [0.5, 0.6) is 0 Å². The monoisotopic (exact) mass is 288 g/mol. The van der Waals surface area contributed by atoms with Gasteiger partial charge in [0.1, 0.15) is 5.82 Å². The van der Waals surface area contributed by atoms with E-state index in [0.29, 0.717) is 11.3 Å². The quantitative estimate of drug-likeness (QED) is 0.690. The van der Waals surface area contributed by atoms with E-state index < -0.39 is 0 Å². The molecule has 0 unspecified atom stereocenters. The first-order valence-electron chi connectivity index (χ1n) is 5.92. The molecule has 0 saturated carbocycles. The average molecular weight is 288 g/mol. The van der Waals surface area contributed by atoms with E-state index in [4.69, 9.17) is 0 Å². The van der Waals surface area contributed by atoms with Crippen LogP contribution < -0.4 is 5.32 Å². The number of thioether (sulfide) groups is 1. The first-order chi connectivity index (χ1) is 9.67. The molecule has 0 radical (unpaired) electrons. The van der Waals surface area contributed by atoms with Crippen molar-refractivity contribution < 1.29 is 9.18 Å². The standard InChI is InChI=1S/C15H13FN2OS/c1-20-15-8-6-13(10-17-15)18-14(19)7-5-11-3-2-4-12(16)9-11/h2-10H,1H3,(H,18,19)/b7-5+. The van der Waals surface area contributed by atoms with Crippen LogP contribution in [0.15, 0.2) is 53.7 Å². The Bertz CT molecular complexity index is 626. The third-order valence-electron chi connectivity index (χ3n) is 2.49. The van der Waals surface area contributed by atoms with E-state index >= 15 is 0 Å². The highest BCUT2D eigenvalue weighted by molar-refractivity contribution is 7.98. The summed E-state index contributed by atoms with van der Waals surface area (Å²) < 4.78 is 13.0. The average Bonchev–Trinajstić information content (AvgIpc) is 2.46. The Morgan fingerprint density at radius 1 is 1.35 bits per heavy atom. The molecule has 5 heteroatoms. The molecular formula is C15H13FN2OS. The van der Waals surface area contributed by atoms with Crippen molar-refractivity contribution in [1.29, 1.82) is 0 Å². The van der Waals surface area contributed by atoms with E-state index in [-0.39, 0.29) is 11.7 Å². The maximum Gasteiger partial charge on any atom is 0.248 e. The van der Waals surface area contributed by atoms with Crippen LogP contribution in [-0.4, -0.2) is 17.1 Å². The predicted molar refractivity (Wildman–Crippen MR) is 80.1 cm³/mol. The maximum atomic E-state index is 13.0. The number of hydrogen-bond donors (Lipinski definition) is 1. The highest BCUT2D eigenvalue weighted by Gasteiger charge is 1.99. The lowest BCUT2D eigenvalue weighted by Crippen LogP contribution is -2.07. The summed E-state index contributed by atoms with van der Waals surface area (Å²) in [6.45, 7) is 0. The van der Waals surface area contributed by atoms with Gasteiger partial charge in [0.15, 0.2) is 0 Å². The zero-order valence-corrected chi connectivity index (χ0v) is 11.7. The van der Waals surface area contributed by atoms with Crippen molar-refractivity contribution in [2.45, 2.75) is 5.03 Å². The Labute approximate surface area is 120 Å². The molecule has 0 aliphatic rings. The maximum absolute atomic E-state index is 13.0. The summed E-state index contributed by atoms with van der Waals surface area (Å²) in [6.07, 6.45) is 6.45. The summed E-state index contributed by atoms with van der Waals surface area (Å²) >= 11 is 1.53. The van der Waals surface area contributed by atoms with Crippen LogP contribution in [0.3, 0.4) is 0 Å². The number of rotatable bonds is 4. The number of anilines is 1. The van der Waals surface area contributed by atoms with Crippen molar-refractivity contribution in [2.75, 3.05) is 11.6 Å². The molecule has 1 N–H and O–H groups in total. The molecule has 0 atom stereocenters. The second-order valence-corrected chi connectivity index (χ2v) is 4.79. The van der Waals surface area contributed by atoms with Crippen LogP contribution in [0.2, 0.25) is 0 Å². The van der Waals surface area contributed by atoms with Gasteiger partial charge in [-0.15, -0.1) is 11.8 Å². The van der Waals surface area contributed by atoms with Crippen LogP contribution in [0.25, 0.3) is 6.08 Å². The molecule has 0 aliphatic carbocycles. The van der Waals surface area contributed by atoms with Gasteiger partial charge in [-0.1, -0.05) is 12.1 Å². The summed E-state index contributed by atoms with van der Waals surface area (Å²) in [5.41, 5.74) is 1.26. The first-order valence-corrected chi connectivity index (χ1v) is 7.14. The number of benzene rings is 1. The third-order valence-corrected chi connectivity index (χ3v) is 3.15. The minimum atomic E-state index is -0.329. The van der Waals surface area contributed by atoms with Crippen molar-refractivity contribution in [3.8, 4) is 0 Å². The van der Waals surface area contributed by atoms with Gasteiger partial charge in [-0.25, -0.2) is 9.37 Å². The molecule has 0 fully saturated rings. The summed E-state index contributed by atoms with van der Waals surface area (Å²) in [7, 11) is 0. The highest BCUT2D eigenvalue weighted by Crippen LogP contribution is 2.14. The van der Waals surface area contributed by atoms with Crippen molar-refractivity contribution in [2.24, 2.45) is 0 Å². The molecule has 2 aromatic rings. The van der Waals surface area contributed by atoms with Crippen molar-refractivity contribution in [3.05, 3.63) is 60.1 Å². The van der Waals surface area contributed by atoms with E-state index in [9.17, 15) is 9.18 Å². The Morgan fingerprint density at radius 2 is 2.20 bits per heavy atom. The number of carbonyl (C=O) groups is 1. The van der Waals surface area contributed by atoms with E-state index in [1.54, 1.807) is 30.5 Å². The number of nitrogens with zero attached hydrogens (tertiary/aromatic N) is 1. The van der Waals surface area contributed by atoms with Crippen LogP contribution >= 0.6 is 11.8 Å². The van der Waals surface area contributed by atoms with Gasteiger partial charge < -0.3 is 5.32 Å². The lowest BCUT2D eigenvalue weighted by molar-refractivity contribution is -0.111. The van der Waals surface area contributed by atoms with E-state index in [2.05, 4.69) is 10.3 Å². The first kappa shape index (κ1) is 14.3. The summed E-state index contributed by atoms with van der Waals surface area (Å²) in [5, 5.41) is 3.57. The Kier molecular flexibility index (Phi) is 4.90.